The Morgan fingerprint density at radius 3 is 2.53 bits per heavy atom. The van der Waals surface area contributed by atoms with E-state index >= 15 is 0 Å². The number of likely N-dealkylation sites (tertiary alicyclic amines) is 1. The molecule has 2 aromatic rings. The molecular weight excluding hydrogens is 426 g/mol. The minimum Gasteiger partial charge on any atom is -0.508 e. The first-order valence-electron chi connectivity index (χ1n) is 12.3. The van der Waals surface area contributed by atoms with E-state index in [-0.39, 0.29) is 35.7 Å². The van der Waals surface area contributed by atoms with Crippen molar-refractivity contribution in [3.63, 3.8) is 0 Å². The van der Waals surface area contributed by atoms with Gasteiger partial charge in [-0.05, 0) is 67.8 Å². The summed E-state index contributed by atoms with van der Waals surface area (Å²) in [6, 6.07) is 17.7. The van der Waals surface area contributed by atoms with Crippen molar-refractivity contribution in [3.8, 4) is 5.75 Å². The summed E-state index contributed by atoms with van der Waals surface area (Å²) in [5, 5.41) is 15.6. The highest BCUT2D eigenvalue weighted by Gasteiger charge is 2.39. The number of carbonyl (C=O) groups excluding carboxylic acids is 2. The van der Waals surface area contributed by atoms with Gasteiger partial charge in [0.25, 0.3) is 0 Å². The van der Waals surface area contributed by atoms with Gasteiger partial charge in [-0.2, -0.15) is 0 Å². The Balaban J connectivity index is 1.67. The predicted molar refractivity (Wildman–Crippen MR) is 136 cm³/mol. The summed E-state index contributed by atoms with van der Waals surface area (Å²) in [6.45, 7) is 10.7. The molecule has 0 aromatic heterocycles. The van der Waals surface area contributed by atoms with Gasteiger partial charge in [0, 0.05) is 19.1 Å². The van der Waals surface area contributed by atoms with Crippen LogP contribution in [0.15, 0.2) is 54.6 Å². The molecule has 0 saturated carbocycles. The van der Waals surface area contributed by atoms with Gasteiger partial charge in [0.2, 0.25) is 11.8 Å². The Hall–Kier alpha value is -2.86. The number of hydrogen-bond acceptors (Lipinski definition) is 4. The van der Waals surface area contributed by atoms with Gasteiger partial charge >= 0.3 is 0 Å². The van der Waals surface area contributed by atoms with Crippen LogP contribution < -0.4 is 10.6 Å². The third kappa shape index (κ3) is 6.83. The number of phenols is 1. The number of amides is 2. The van der Waals surface area contributed by atoms with Gasteiger partial charge in [-0.25, -0.2) is 0 Å². The number of piperidine rings is 1. The number of benzene rings is 2. The van der Waals surface area contributed by atoms with Gasteiger partial charge in [-0.1, -0.05) is 56.3 Å². The maximum absolute atomic E-state index is 13.1. The second kappa shape index (κ2) is 11.5. The highest BCUT2D eigenvalue weighted by Crippen LogP contribution is 2.40. The van der Waals surface area contributed by atoms with Crippen LogP contribution in [0.3, 0.4) is 0 Å². The van der Waals surface area contributed by atoms with Crippen LogP contribution in [0.4, 0.5) is 0 Å². The van der Waals surface area contributed by atoms with Gasteiger partial charge < -0.3 is 20.6 Å². The lowest BCUT2D eigenvalue weighted by atomic mass is 9.68. The van der Waals surface area contributed by atoms with Crippen LogP contribution >= 0.6 is 0 Å². The molecule has 1 fully saturated rings. The first-order valence-corrected chi connectivity index (χ1v) is 12.3. The average Bonchev–Trinajstić information content (AvgIpc) is 2.80. The van der Waals surface area contributed by atoms with Crippen LogP contribution in [0.2, 0.25) is 0 Å². The number of nitrogens with one attached hydrogen (secondary N) is 2. The lowest BCUT2D eigenvalue weighted by Gasteiger charge is -2.45. The molecule has 2 aromatic carbocycles. The van der Waals surface area contributed by atoms with Gasteiger partial charge in [-0.15, -0.1) is 0 Å². The molecule has 0 spiro atoms. The van der Waals surface area contributed by atoms with Gasteiger partial charge in [0.1, 0.15) is 5.75 Å². The molecule has 1 saturated heterocycles. The van der Waals surface area contributed by atoms with Crippen LogP contribution in [0.25, 0.3) is 0 Å². The summed E-state index contributed by atoms with van der Waals surface area (Å²) >= 11 is 0. The molecule has 0 aliphatic carbocycles. The lowest BCUT2D eigenvalue weighted by molar-refractivity contribution is -0.129. The molecule has 6 heteroatoms. The van der Waals surface area contributed by atoms with Crippen LogP contribution in [0.5, 0.6) is 5.75 Å². The third-order valence-electron chi connectivity index (χ3n) is 7.12. The molecule has 6 nitrogen and oxygen atoms in total. The SMILES string of the molecule is CC(C)NC(=O)CNC(=O)C(Cc1ccccc1)CN1CCC(C)(c2cccc(O)c2)C(C)C1. The van der Waals surface area contributed by atoms with Crippen LogP contribution in [0.1, 0.15) is 45.2 Å². The Morgan fingerprint density at radius 2 is 1.88 bits per heavy atom. The summed E-state index contributed by atoms with van der Waals surface area (Å²) in [4.78, 5) is 27.6. The third-order valence-corrected chi connectivity index (χ3v) is 7.12. The zero-order chi connectivity index (χ0) is 24.7. The van der Waals surface area contributed by atoms with Crippen molar-refractivity contribution in [1.82, 2.24) is 15.5 Å². The van der Waals surface area contributed by atoms with Crippen molar-refractivity contribution in [2.45, 2.75) is 52.0 Å². The fourth-order valence-corrected chi connectivity index (χ4v) is 4.91. The van der Waals surface area contributed by atoms with E-state index in [1.807, 2.05) is 56.3 Å². The van der Waals surface area contributed by atoms with Crippen LogP contribution in [-0.4, -0.2) is 54.0 Å². The highest BCUT2D eigenvalue weighted by atomic mass is 16.3. The van der Waals surface area contributed by atoms with E-state index in [0.717, 1.165) is 30.6 Å². The van der Waals surface area contributed by atoms with Crippen molar-refractivity contribution >= 4 is 11.8 Å². The highest BCUT2D eigenvalue weighted by molar-refractivity contribution is 5.86. The molecule has 3 atom stereocenters. The summed E-state index contributed by atoms with van der Waals surface area (Å²) in [5.41, 5.74) is 2.25. The zero-order valence-corrected chi connectivity index (χ0v) is 20.9. The molecule has 3 N–H and O–H groups in total. The van der Waals surface area contributed by atoms with Crippen molar-refractivity contribution < 1.29 is 14.7 Å². The van der Waals surface area contributed by atoms with Gasteiger partial charge in [0.15, 0.2) is 0 Å². The molecule has 3 unspecified atom stereocenters. The molecule has 3 rings (SSSR count). The van der Waals surface area contributed by atoms with Crippen molar-refractivity contribution in [2.75, 3.05) is 26.2 Å². The first kappa shape index (κ1) is 25.8. The molecule has 2 amide bonds. The maximum atomic E-state index is 13.1. The number of rotatable bonds is 9. The molecular formula is C28H39N3O3. The molecule has 1 heterocycles. The number of phenolic OH excluding ortho intramolecular Hbond substituents is 1. The minimum absolute atomic E-state index is 0.00568. The fraction of sp³-hybridized carbons (Fsp3) is 0.500. The Bertz CT molecular complexity index is 962. The maximum Gasteiger partial charge on any atom is 0.239 e. The average molecular weight is 466 g/mol. The molecule has 1 aliphatic rings. The van der Waals surface area contributed by atoms with Gasteiger partial charge in [0.05, 0.1) is 12.5 Å². The smallest absolute Gasteiger partial charge is 0.239 e. The van der Waals surface area contributed by atoms with E-state index in [1.54, 1.807) is 6.07 Å². The number of aromatic hydroxyl groups is 1. The molecule has 0 radical (unpaired) electrons. The summed E-state index contributed by atoms with van der Waals surface area (Å²) in [6.07, 6.45) is 1.58. The quantitative estimate of drug-likeness (QED) is 0.530. The second-order valence-electron chi connectivity index (χ2n) is 10.2. The normalized spacial score (nSPS) is 21.7. The van der Waals surface area contributed by atoms with Crippen molar-refractivity contribution in [2.24, 2.45) is 11.8 Å². The van der Waals surface area contributed by atoms with E-state index in [9.17, 15) is 14.7 Å². The lowest BCUT2D eigenvalue weighted by Crippen LogP contribution is -2.50. The van der Waals surface area contributed by atoms with E-state index in [4.69, 9.17) is 0 Å². The number of carbonyl (C=O) groups is 2. The zero-order valence-electron chi connectivity index (χ0n) is 20.9. The second-order valence-corrected chi connectivity index (χ2v) is 10.2. The Morgan fingerprint density at radius 1 is 1.15 bits per heavy atom. The van der Waals surface area contributed by atoms with E-state index in [0.29, 0.717) is 24.6 Å². The minimum atomic E-state index is -0.244. The molecule has 1 aliphatic heterocycles. The molecule has 0 bridgehead atoms. The van der Waals surface area contributed by atoms with E-state index in [2.05, 4.69) is 35.4 Å². The number of nitrogens with zero attached hydrogens (tertiary/aromatic N) is 1. The summed E-state index contributed by atoms with van der Waals surface area (Å²) < 4.78 is 0. The van der Waals surface area contributed by atoms with E-state index < -0.39 is 0 Å². The van der Waals surface area contributed by atoms with Crippen molar-refractivity contribution in [3.05, 3.63) is 65.7 Å². The topological polar surface area (TPSA) is 81.7 Å². The first-order chi connectivity index (χ1) is 16.2. The van der Waals surface area contributed by atoms with Gasteiger partial charge in [-0.3, -0.25) is 9.59 Å². The van der Waals surface area contributed by atoms with Crippen molar-refractivity contribution in [1.29, 1.82) is 0 Å². The largest absolute Gasteiger partial charge is 0.508 e. The Labute approximate surface area is 203 Å². The predicted octanol–water partition coefficient (Wildman–Crippen LogP) is 3.49. The summed E-state index contributed by atoms with van der Waals surface area (Å²) in [7, 11) is 0. The van der Waals surface area contributed by atoms with Crippen LogP contribution in [-0.2, 0) is 21.4 Å². The number of hydrogen-bond donors (Lipinski definition) is 3. The summed E-state index contributed by atoms with van der Waals surface area (Å²) in [5.74, 6) is 0.161. The Kier molecular flexibility index (Phi) is 8.72. The molecule has 34 heavy (non-hydrogen) atoms. The fourth-order valence-electron chi connectivity index (χ4n) is 4.91. The van der Waals surface area contributed by atoms with Crippen LogP contribution in [0, 0.1) is 11.8 Å². The molecule has 184 valence electrons. The monoisotopic (exact) mass is 465 g/mol. The standard InChI is InChI=1S/C28H39N3O3/c1-20(2)30-26(33)17-29-27(34)23(15-22-9-6-5-7-10-22)19-31-14-13-28(4,21(3)18-31)24-11-8-12-25(32)16-24/h5-12,16,20-21,23,32H,13-15,17-19H2,1-4H3,(H,29,34)(H,30,33). The van der Waals surface area contributed by atoms with E-state index in [1.165, 1.54) is 0 Å².